The minimum atomic E-state index is -0.393. The van der Waals surface area contributed by atoms with Crippen molar-refractivity contribution >= 4 is 23.2 Å². The standard InChI is InChI=1S/C31H32N4O4/c1-20-26(30(37)34-23-10-12-25(13-11-23)39-19-24-8-6-7-15-32-24)16-21(18-33-20)29(36)35-27-17-22(31(2,3)4)9-14-28(27)38-5/h6-18H,19H2,1-5H3,(H,34,37)(H,35,36). The van der Waals surface area contributed by atoms with Crippen molar-refractivity contribution in [3.05, 3.63) is 107 Å². The van der Waals surface area contributed by atoms with Crippen molar-refractivity contribution in [3.8, 4) is 11.5 Å². The van der Waals surface area contributed by atoms with Crippen LogP contribution in [0.3, 0.4) is 0 Å². The zero-order valence-electron chi connectivity index (χ0n) is 22.7. The smallest absolute Gasteiger partial charge is 0.257 e. The maximum absolute atomic E-state index is 13.1. The summed E-state index contributed by atoms with van der Waals surface area (Å²) in [5, 5.41) is 5.76. The highest BCUT2D eigenvalue weighted by Gasteiger charge is 2.19. The first-order valence-corrected chi connectivity index (χ1v) is 12.5. The van der Waals surface area contributed by atoms with Gasteiger partial charge in [0.15, 0.2) is 0 Å². The number of ether oxygens (including phenoxy) is 2. The SMILES string of the molecule is COc1ccc(C(C)(C)C)cc1NC(=O)c1cnc(C)c(C(=O)Nc2ccc(OCc3ccccn3)cc2)c1. The predicted molar refractivity (Wildman–Crippen MR) is 152 cm³/mol. The van der Waals surface area contributed by atoms with E-state index in [1.165, 1.54) is 12.3 Å². The van der Waals surface area contributed by atoms with Crippen LogP contribution in [0.15, 0.2) is 79.1 Å². The Balaban J connectivity index is 1.45. The summed E-state index contributed by atoms with van der Waals surface area (Å²) in [4.78, 5) is 34.7. The van der Waals surface area contributed by atoms with E-state index < -0.39 is 5.91 Å². The van der Waals surface area contributed by atoms with E-state index in [0.29, 0.717) is 40.7 Å². The highest BCUT2D eigenvalue weighted by Crippen LogP contribution is 2.32. The summed E-state index contributed by atoms with van der Waals surface area (Å²) in [7, 11) is 1.55. The number of methoxy groups -OCH3 is 1. The molecule has 2 N–H and O–H groups in total. The van der Waals surface area contributed by atoms with Crippen molar-refractivity contribution in [3.63, 3.8) is 0 Å². The first-order valence-electron chi connectivity index (χ1n) is 12.5. The fourth-order valence-electron chi connectivity index (χ4n) is 3.83. The molecule has 0 saturated heterocycles. The van der Waals surface area contributed by atoms with E-state index in [-0.39, 0.29) is 16.9 Å². The fraction of sp³-hybridized carbons (Fsp3) is 0.226. The molecular formula is C31H32N4O4. The van der Waals surface area contributed by atoms with Crippen LogP contribution in [0, 0.1) is 6.92 Å². The van der Waals surface area contributed by atoms with Gasteiger partial charge < -0.3 is 20.1 Å². The third-order valence-electron chi connectivity index (χ3n) is 6.13. The average Bonchev–Trinajstić information content (AvgIpc) is 2.93. The van der Waals surface area contributed by atoms with Crippen molar-refractivity contribution in [1.29, 1.82) is 0 Å². The second kappa shape index (κ2) is 11.8. The molecule has 0 aliphatic carbocycles. The van der Waals surface area contributed by atoms with Gasteiger partial charge in [-0.25, -0.2) is 0 Å². The van der Waals surface area contributed by atoms with Crippen LogP contribution in [-0.2, 0) is 12.0 Å². The number of benzene rings is 2. The number of nitrogens with one attached hydrogen (secondary N) is 2. The van der Waals surface area contributed by atoms with Gasteiger partial charge in [-0.05, 0) is 72.5 Å². The topological polar surface area (TPSA) is 102 Å². The van der Waals surface area contributed by atoms with Gasteiger partial charge in [-0.15, -0.1) is 0 Å². The largest absolute Gasteiger partial charge is 0.495 e. The Morgan fingerprint density at radius 1 is 0.897 bits per heavy atom. The van der Waals surface area contributed by atoms with E-state index in [0.717, 1.165) is 11.3 Å². The minimum absolute atomic E-state index is 0.105. The van der Waals surface area contributed by atoms with Gasteiger partial charge in [0.2, 0.25) is 0 Å². The van der Waals surface area contributed by atoms with E-state index in [4.69, 9.17) is 9.47 Å². The number of aryl methyl sites for hydroxylation is 1. The van der Waals surface area contributed by atoms with Crippen LogP contribution in [0.1, 0.15) is 58.4 Å². The summed E-state index contributed by atoms with van der Waals surface area (Å²) in [6.07, 6.45) is 3.17. The van der Waals surface area contributed by atoms with Gasteiger partial charge >= 0.3 is 0 Å². The van der Waals surface area contributed by atoms with Crippen LogP contribution in [0.5, 0.6) is 11.5 Å². The number of aromatic nitrogens is 2. The van der Waals surface area contributed by atoms with Crippen LogP contribution in [0.25, 0.3) is 0 Å². The summed E-state index contributed by atoms with van der Waals surface area (Å²) < 4.78 is 11.2. The van der Waals surface area contributed by atoms with Crippen molar-refractivity contribution in [2.24, 2.45) is 0 Å². The summed E-state index contributed by atoms with van der Waals surface area (Å²) in [5.41, 5.74) is 3.96. The van der Waals surface area contributed by atoms with Crippen molar-refractivity contribution < 1.29 is 19.1 Å². The normalized spacial score (nSPS) is 11.0. The highest BCUT2D eigenvalue weighted by atomic mass is 16.5. The van der Waals surface area contributed by atoms with Gasteiger partial charge in [-0.3, -0.25) is 19.6 Å². The molecule has 8 heteroatoms. The van der Waals surface area contributed by atoms with Crippen LogP contribution in [-0.4, -0.2) is 28.9 Å². The zero-order chi connectivity index (χ0) is 28.0. The first-order chi connectivity index (χ1) is 18.6. The van der Waals surface area contributed by atoms with Gasteiger partial charge in [0.25, 0.3) is 11.8 Å². The van der Waals surface area contributed by atoms with Gasteiger partial charge in [0, 0.05) is 18.1 Å². The summed E-state index contributed by atoms with van der Waals surface area (Å²) in [6, 6.07) is 19.9. The lowest BCUT2D eigenvalue weighted by atomic mass is 9.87. The number of amides is 2. The highest BCUT2D eigenvalue weighted by molar-refractivity contribution is 6.09. The van der Waals surface area contributed by atoms with Gasteiger partial charge in [-0.1, -0.05) is 32.9 Å². The third kappa shape index (κ3) is 6.98. The number of carbonyl (C=O) groups excluding carboxylic acids is 2. The third-order valence-corrected chi connectivity index (χ3v) is 6.13. The van der Waals surface area contributed by atoms with E-state index in [1.54, 1.807) is 44.5 Å². The number of pyridine rings is 2. The second-order valence-corrected chi connectivity index (χ2v) is 10.1. The summed E-state index contributed by atoms with van der Waals surface area (Å²) in [6.45, 7) is 8.35. The maximum Gasteiger partial charge on any atom is 0.257 e. The van der Waals surface area contributed by atoms with Crippen LogP contribution in [0.4, 0.5) is 11.4 Å². The molecule has 2 aromatic heterocycles. The zero-order valence-corrected chi connectivity index (χ0v) is 22.7. The molecule has 0 atom stereocenters. The van der Waals surface area contributed by atoms with E-state index in [9.17, 15) is 9.59 Å². The van der Waals surface area contributed by atoms with Crippen molar-refractivity contribution in [2.75, 3.05) is 17.7 Å². The Morgan fingerprint density at radius 2 is 1.67 bits per heavy atom. The molecule has 0 aliphatic rings. The molecule has 0 radical (unpaired) electrons. The molecule has 39 heavy (non-hydrogen) atoms. The Bertz CT molecular complexity index is 1460. The summed E-state index contributed by atoms with van der Waals surface area (Å²) >= 11 is 0. The molecule has 200 valence electrons. The lowest BCUT2D eigenvalue weighted by molar-refractivity contribution is 0.102. The number of carbonyl (C=O) groups is 2. The molecular weight excluding hydrogens is 492 g/mol. The summed E-state index contributed by atoms with van der Waals surface area (Å²) in [5.74, 6) is 0.433. The molecule has 2 aromatic carbocycles. The number of rotatable bonds is 8. The molecule has 2 amide bonds. The Kier molecular flexibility index (Phi) is 8.24. The predicted octanol–water partition coefficient (Wildman–Crippen LogP) is 6.17. The molecule has 8 nitrogen and oxygen atoms in total. The molecule has 0 spiro atoms. The lowest BCUT2D eigenvalue weighted by Gasteiger charge is -2.21. The second-order valence-electron chi connectivity index (χ2n) is 10.1. The van der Waals surface area contributed by atoms with Gasteiger partial charge in [-0.2, -0.15) is 0 Å². The molecule has 0 aliphatic heterocycles. The van der Waals surface area contributed by atoms with Gasteiger partial charge in [0.05, 0.1) is 35.3 Å². The van der Waals surface area contributed by atoms with Crippen LogP contribution in [0.2, 0.25) is 0 Å². The molecule has 0 unspecified atom stereocenters. The van der Waals surface area contributed by atoms with Crippen LogP contribution < -0.4 is 20.1 Å². The molecule has 0 fully saturated rings. The van der Waals surface area contributed by atoms with Crippen molar-refractivity contribution in [2.45, 2.75) is 39.7 Å². The minimum Gasteiger partial charge on any atom is -0.495 e. The maximum atomic E-state index is 13.1. The molecule has 0 bridgehead atoms. The number of hydrogen-bond donors (Lipinski definition) is 2. The number of hydrogen-bond acceptors (Lipinski definition) is 6. The average molecular weight is 525 g/mol. The van der Waals surface area contributed by atoms with E-state index in [2.05, 4.69) is 41.4 Å². The van der Waals surface area contributed by atoms with Crippen molar-refractivity contribution in [1.82, 2.24) is 9.97 Å². The van der Waals surface area contributed by atoms with E-state index in [1.807, 2.05) is 36.4 Å². The molecule has 2 heterocycles. The Morgan fingerprint density at radius 3 is 2.33 bits per heavy atom. The fourth-order valence-corrected chi connectivity index (χ4v) is 3.83. The first kappa shape index (κ1) is 27.3. The lowest BCUT2D eigenvalue weighted by Crippen LogP contribution is -2.18. The number of anilines is 2. The van der Waals surface area contributed by atoms with Gasteiger partial charge in [0.1, 0.15) is 18.1 Å². The quantitative estimate of drug-likeness (QED) is 0.286. The molecule has 0 saturated carbocycles. The Hall–Kier alpha value is -4.72. The molecule has 4 aromatic rings. The monoisotopic (exact) mass is 524 g/mol. The molecule has 4 rings (SSSR count). The van der Waals surface area contributed by atoms with Crippen LogP contribution >= 0.6 is 0 Å². The van der Waals surface area contributed by atoms with E-state index >= 15 is 0 Å². The number of nitrogens with zero attached hydrogens (tertiary/aromatic N) is 2. The Labute approximate surface area is 228 Å².